The molecule has 2 aromatic rings. The standard InChI is InChI=1S/C26H26N2O5/c29-24(28-13-17(14-28)25(30)31)16-6-5-7-18(12-16)27-26(32)33-15-23-21-10-3-1-8-19(21)20-9-2-4-11-22(20)23/h1-5,7-11,16-18,23H,6,12-15H2,(H,27,32)(H,30,31). The Hall–Kier alpha value is -3.61. The van der Waals surface area contributed by atoms with Gasteiger partial charge in [-0.25, -0.2) is 4.79 Å². The first kappa shape index (κ1) is 21.2. The first-order valence-corrected chi connectivity index (χ1v) is 11.3. The van der Waals surface area contributed by atoms with E-state index in [2.05, 4.69) is 29.6 Å². The number of ether oxygens (including phenoxy) is 1. The molecule has 0 spiro atoms. The highest BCUT2D eigenvalue weighted by molar-refractivity contribution is 5.83. The van der Waals surface area contributed by atoms with Crippen LogP contribution in [0.4, 0.5) is 4.79 Å². The average molecular weight is 447 g/mol. The van der Waals surface area contributed by atoms with E-state index in [-0.39, 0.29) is 43.5 Å². The quantitative estimate of drug-likeness (QED) is 0.687. The first-order chi connectivity index (χ1) is 16.0. The Morgan fingerprint density at radius 3 is 2.24 bits per heavy atom. The second kappa shape index (κ2) is 8.73. The smallest absolute Gasteiger partial charge is 0.407 e. The summed E-state index contributed by atoms with van der Waals surface area (Å²) in [6.07, 6.45) is 4.36. The van der Waals surface area contributed by atoms with Crippen LogP contribution in [0.25, 0.3) is 11.1 Å². The predicted octanol–water partition coefficient (Wildman–Crippen LogP) is 3.40. The summed E-state index contributed by atoms with van der Waals surface area (Å²) in [7, 11) is 0. The second-order valence-corrected chi connectivity index (χ2v) is 8.95. The van der Waals surface area contributed by atoms with Crippen molar-refractivity contribution in [3.05, 3.63) is 71.8 Å². The summed E-state index contributed by atoms with van der Waals surface area (Å²) in [6.45, 7) is 0.765. The van der Waals surface area contributed by atoms with Gasteiger partial charge in [-0.05, 0) is 35.1 Å². The number of carbonyl (C=O) groups excluding carboxylic acids is 2. The molecular weight excluding hydrogens is 420 g/mol. The van der Waals surface area contributed by atoms with Gasteiger partial charge in [0, 0.05) is 24.9 Å². The number of hydrogen-bond acceptors (Lipinski definition) is 4. The lowest BCUT2D eigenvalue weighted by Gasteiger charge is -2.39. The van der Waals surface area contributed by atoms with E-state index in [1.807, 2.05) is 36.4 Å². The zero-order valence-electron chi connectivity index (χ0n) is 18.1. The number of rotatable bonds is 5. The van der Waals surface area contributed by atoms with Gasteiger partial charge >= 0.3 is 12.1 Å². The maximum Gasteiger partial charge on any atom is 0.407 e. The highest BCUT2D eigenvalue weighted by atomic mass is 16.5. The minimum Gasteiger partial charge on any atom is -0.481 e. The molecule has 1 saturated heterocycles. The van der Waals surface area contributed by atoms with E-state index in [0.717, 1.165) is 11.1 Å². The average Bonchev–Trinajstić information content (AvgIpc) is 3.10. The van der Waals surface area contributed by atoms with Crippen molar-refractivity contribution in [1.29, 1.82) is 0 Å². The van der Waals surface area contributed by atoms with E-state index in [1.165, 1.54) is 11.1 Å². The number of nitrogens with zero attached hydrogens (tertiary/aromatic N) is 1. The fourth-order valence-corrected chi connectivity index (χ4v) is 5.06. The lowest BCUT2D eigenvalue weighted by Crippen LogP contribution is -2.55. The van der Waals surface area contributed by atoms with Gasteiger partial charge in [-0.3, -0.25) is 9.59 Å². The Morgan fingerprint density at radius 2 is 1.61 bits per heavy atom. The highest BCUT2D eigenvalue weighted by Gasteiger charge is 2.39. The number of fused-ring (bicyclic) bond motifs is 3. The van der Waals surface area contributed by atoms with Crippen molar-refractivity contribution >= 4 is 18.0 Å². The number of carboxylic acid groups (broad SMARTS) is 1. The molecule has 3 aliphatic rings. The maximum atomic E-state index is 12.7. The van der Waals surface area contributed by atoms with Crippen LogP contribution in [0.3, 0.4) is 0 Å². The van der Waals surface area contributed by atoms with Gasteiger partial charge in [-0.15, -0.1) is 0 Å². The van der Waals surface area contributed by atoms with Gasteiger partial charge in [-0.2, -0.15) is 0 Å². The SMILES string of the molecule is O=C(NC1C=CCC(C(=O)N2CC(C(=O)O)C2)C1)OCC1c2ccccc2-c2ccccc21. The van der Waals surface area contributed by atoms with E-state index in [0.29, 0.717) is 12.8 Å². The Labute approximate surface area is 192 Å². The molecule has 0 saturated carbocycles. The number of aliphatic carboxylic acids is 1. The highest BCUT2D eigenvalue weighted by Crippen LogP contribution is 2.44. The normalized spacial score (nSPS) is 21.6. The van der Waals surface area contributed by atoms with E-state index in [9.17, 15) is 14.4 Å². The summed E-state index contributed by atoms with van der Waals surface area (Å²) in [5.41, 5.74) is 4.66. The van der Waals surface area contributed by atoms with Crippen LogP contribution in [0.5, 0.6) is 0 Å². The van der Waals surface area contributed by atoms with Crippen LogP contribution in [0.15, 0.2) is 60.7 Å². The molecule has 2 aromatic carbocycles. The monoisotopic (exact) mass is 446 g/mol. The number of nitrogens with one attached hydrogen (secondary N) is 1. The van der Waals surface area contributed by atoms with Crippen molar-refractivity contribution in [2.75, 3.05) is 19.7 Å². The molecule has 2 N–H and O–H groups in total. The van der Waals surface area contributed by atoms with Gasteiger partial charge in [0.25, 0.3) is 0 Å². The molecule has 2 atom stereocenters. The Morgan fingerprint density at radius 1 is 0.970 bits per heavy atom. The van der Waals surface area contributed by atoms with Crippen molar-refractivity contribution in [3.63, 3.8) is 0 Å². The molecule has 5 rings (SSSR count). The van der Waals surface area contributed by atoms with Crippen LogP contribution in [-0.2, 0) is 14.3 Å². The lowest BCUT2D eigenvalue weighted by atomic mass is 9.88. The van der Waals surface area contributed by atoms with Gasteiger partial charge in [0.1, 0.15) is 6.61 Å². The summed E-state index contributed by atoms with van der Waals surface area (Å²) in [4.78, 5) is 37.8. The number of likely N-dealkylation sites (tertiary alicyclic amines) is 1. The van der Waals surface area contributed by atoms with E-state index < -0.39 is 18.0 Å². The fraction of sp³-hybridized carbons (Fsp3) is 0.346. The third-order valence-electron chi connectivity index (χ3n) is 6.87. The van der Waals surface area contributed by atoms with E-state index in [1.54, 1.807) is 4.90 Å². The molecule has 0 aromatic heterocycles. The molecule has 0 radical (unpaired) electrons. The van der Waals surface area contributed by atoms with E-state index >= 15 is 0 Å². The van der Waals surface area contributed by atoms with Crippen LogP contribution in [0.2, 0.25) is 0 Å². The molecule has 7 nitrogen and oxygen atoms in total. The number of hydrogen-bond donors (Lipinski definition) is 2. The molecule has 1 fully saturated rings. The molecule has 170 valence electrons. The topological polar surface area (TPSA) is 95.9 Å². The molecule has 2 unspecified atom stereocenters. The summed E-state index contributed by atoms with van der Waals surface area (Å²) >= 11 is 0. The third-order valence-corrected chi connectivity index (χ3v) is 6.87. The van der Waals surface area contributed by atoms with Crippen LogP contribution >= 0.6 is 0 Å². The zero-order valence-corrected chi connectivity index (χ0v) is 18.1. The van der Waals surface area contributed by atoms with Crippen molar-refractivity contribution < 1.29 is 24.2 Å². The number of carboxylic acids is 1. The number of carbonyl (C=O) groups is 3. The Kier molecular flexibility index (Phi) is 5.62. The van der Waals surface area contributed by atoms with Crippen molar-refractivity contribution in [2.24, 2.45) is 11.8 Å². The second-order valence-electron chi connectivity index (χ2n) is 8.95. The summed E-state index contributed by atoms with van der Waals surface area (Å²) in [5, 5.41) is 11.9. The van der Waals surface area contributed by atoms with Gasteiger partial charge < -0.3 is 20.1 Å². The first-order valence-electron chi connectivity index (χ1n) is 11.3. The van der Waals surface area contributed by atoms with Crippen LogP contribution in [0.1, 0.15) is 29.9 Å². The minimum absolute atomic E-state index is 0.00651. The van der Waals surface area contributed by atoms with Crippen LogP contribution in [0, 0.1) is 11.8 Å². The third kappa shape index (κ3) is 4.11. The zero-order chi connectivity index (χ0) is 22.9. The number of allylic oxidation sites excluding steroid dienone is 1. The number of alkyl carbamates (subject to hydrolysis) is 1. The molecule has 33 heavy (non-hydrogen) atoms. The number of amides is 2. The fourth-order valence-electron chi connectivity index (χ4n) is 5.06. The molecule has 2 aliphatic carbocycles. The van der Waals surface area contributed by atoms with Gasteiger partial charge in [-0.1, -0.05) is 60.7 Å². The maximum absolute atomic E-state index is 12.7. The van der Waals surface area contributed by atoms with Gasteiger partial charge in [0.15, 0.2) is 0 Å². The lowest BCUT2D eigenvalue weighted by molar-refractivity contribution is -0.154. The Bertz CT molecular complexity index is 1080. The molecule has 0 bridgehead atoms. The number of benzene rings is 2. The van der Waals surface area contributed by atoms with Crippen molar-refractivity contribution in [2.45, 2.75) is 24.8 Å². The van der Waals surface area contributed by atoms with E-state index in [4.69, 9.17) is 9.84 Å². The molecule has 1 aliphatic heterocycles. The van der Waals surface area contributed by atoms with Crippen LogP contribution in [-0.4, -0.2) is 53.7 Å². The summed E-state index contributed by atoms with van der Waals surface area (Å²) in [6, 6.07) is 16.1. The molecule has 2 amide bonds. The van der Waals surface area contributed by atoms with Crippen LogP contribution < -0.4 is 5.32 Å². The predicted molar refractivity (Wildman–Crippen MR) is 122 cm³/mol. The summed E-state index contributed by atoms with van der Waals surface area (Å²) in [5.74, 6) is -1.65. The molecule has 1 heterocycles. The van der Waals surface area contributed by atoms with Crippen molar-refractivity contribution in [3.8, 4) is 11.1 Å². The molecule has 7 heteroatoms. The van der Waals surface area contributed by atoms with Gasteiger partial charge in [0.2, 0.25) is 5.91 Å². The Balaban J connectivity index is 1.16. The molecular formula is C26H26N2O5. The van der Waals surface area contributed by atoms with Crippen molar-refractivity contribution in [1.82, 2.24) is 10.2 Å². The minimum atomic E-state index is -0.864. The van der Waals surface area contributed by atoms with Gasteiger partial charge in [0.05, 0.1) is 12.0 Å². The largest absolute Gasteiger partial charge is 0.481 e. The summed E-state index contributed by atoms with van der Waals surface area (Å²) < 4.78 is 5.61.